The summed E-state index contributed by atoms with van der Waals surface area (Å²) >= 11 is 0. The third-order valence-corrected chi connectivity index (χ3v) is 3.81. The zero-order valence-electron chi connectivity index (χ0n) is 10.5. The molecule has 2 aliphatic heterocycles. The van der Waals surface area contributed by atoms with Crippen molar-refractivity contribution in [2.24, 2.45) is 11.7 Å². The standard InChI is InChI=1S/C15H19NO2/c16-15(12-5-3-7-17-9-12)13-8-11-4-1-2-6-14(11)18-10-13/h1-2,4,6,9,13,15H,3,5,7-8,10,16H2. The van der Waals surface area contributed by atoms with Crippen molar-refractivity contribution in [1.29, 1.82) is 0 Å². The average Bonchev–Trinajstić information content (AvgIpc) is 2.47. The van der Waals surface area contributed by atoms with E-state index in [4.69, 9.17) is 15.2 Å². The third-order valence-electron chi connectivity index (χ3n) is 3.81. The molecule has 1 aromatic rings. The molecule has 3 rings (SSSR count). The first kappa shape index (κ1) is 11.6. The van der Waals surface area contributed by atoms with Crippen molar-refractivity contribution in [3.8, 4) is 5.75 Å². The second kappa shape index (κ2) is 5.02. The van der Waals surface area contributed by atoms with Crippen molar-refractivity contribution >= 4 is 0 Å². The van der Waals surface area contributed by atoms with Gasteiger partial charge in [-0.1, -0.05) is 18.2 Å². The first-order valence-electron chi connectivity index (χ1n) is 6.61. The van der Waals surface area contributed by atoms with Gasteiger partial charge in [-0.15, -0.1) is 0 Å². The number of ether oxygens (including phenoxy) is 2. The summed E-state index contributed by atoms with van der Waals surface area (Å²) in [6, 6.07) is 8.27. The highest BCUT2D eigenvalue weighted by Crippen LogP contribution is 2.30. The Morgan fingerprint density at radius 2 is 2.17 bits per heavy atom. The van der Waals surface area contributed by atoms with Crippen molar-refractivity contribution in [3.63, 3.8) is 0 Å². The Balaban J connectivity index is 1.73. The minimum atomic E-state index is 0.0543. The molecule has 2 N–H and O–H groups in total. The molecule has 96 valence electrons. The van der Waals surface area contributed by atoms with E-state index in [1.165, 1.54) is 11.1 Å². The monoisotopic (exact) mass is 245 g/mol. The Bertz CT molecular complexity index is 456. The highest BCUT2D eigenvalue weighted by molar-refractivity contribution is 5.35. The average molecular weight is 245 g/mol. The summed E-state index contributed by atoms with van der Waals surface area (Å²) in [5.74, 6) is 1.36. The molecule has 0 aromatic heterocycles. The Kier molecular flexibility index (Phi) is 3.24. The van der Waals surface area contributed by atoms with Crippen LogP contribution >= 0.6 is 0 Å². The van der Waals surface area contributed by atoms with E-state index in [1.54, 1.807) is 0 Å². The van der Waals surface area contributed by atoms with Crippen LogP contribution in [-0.4, -0.2) is 19.3 Å². The van der Waals surface area contributed by atoms with E-state index in [0.29, 0.717) is 12.5 Å². The second-order valence-corrected chi connectivity index (χ2v) is 5.08. The Morgan fingerprint density at radius 3 is 3.00 bits per heavy atom. The van der Waals surface area contributed by atoms with Crippen molar-refractivity contribution in [3.05, 3.63) is 41.7 Å². The summed E-state index contributed by atoms with van der Waals surface area (Å²) in [6.45, 7) is 1.52. The lowest BCUT2D eigenvalue weighted by atomic mass is 9.85. The summed E-state index contributed by atoms with van der Waals surface area (Å²) in [6.07, 6.45) is 4.98. The molecule has 0 fully saturated rings. The number of hydrogen-bond acceptors (Lipinski definition) is 3. The maximum atomic E-state index is 6.35. The Hall–Kier alpha value is -1.48. The smallest absolute Gasteiger partial charge is 0.122 e. The van der Waals surface area contributed by atoms with Gasteiger partial charge in [-0.25, -0.2) is 0 Å². The van der Waals surface area contributed by atoms with Crippen molar-refractivity contribution in [2.45, 2.75) is 25.3 Å². The van der Waals surface area contributed by atoms with Crippen LogP contribution in [-0.2, 0) is 11.2 Å². The van der Waals surface area contributed by atoms with Gasteiger partial charge in [-0.2, -0.15) is 0 Å². The molecule has 1 aromatic carbocycles. The van der Waals surface area contributed by atoms with Crippen molar-refractivity contribution < 1.29 is 9.47 Å². The molecule has 3 heteroatoms. The molecule has 18 heavy (non-hydrogen) atoms. The lowest BCUT2D eigenvalue weighted by Crippen LogP contribution is -2.39. The largest absolute Gasteiger partial charge is 0.501 e. The molecule has 2 atom stereocenters. The van der Waals surface area contributed by atoms with E-state index >= 15 is 0 Å². The topological polar surface area (TPSA) is 44.5 Å². The van der Waals surface area contributed by atoms with Gasteiger partial charge in [0.05, 0.1) is 19.5 Å². The first-order chi connectivity index (χ1) is 8.84. The highest BCUT2D eigenvalue weighted by Gasteiger charge is 2.27. The molecule has 2 unspecified atom stereocenters. The molecule has 0 aliphatic carbocycles. The number of benzene rings is 1. The van der Waals surface area contributed by atoms with Gasteiger partial charge in [-0.3, -0.25) is 0 Å². The van der Waals surface area contributed by atoms with E-state index < -0.39 is 0 Å². The van der Waals surface area contributed by atoms with Gasteiger partial charge in [0, 0.05) is 12.0 Å². The first-order valence-corrected chi connectivity index (χ1v) is 6.61. The van der Waals surface area contributed by atoms with Crippen LogP contribution in [0.3, 0.4) is 0 Å². The van der Waals surface area contributed by atoms with Gasteiger partial charge in [-0.05, 0) is 36.5 Å². The number of nitrogens with two attached hydrogens (primary N) is 1. The summed E-state index contributed by atoms with van der Waals surface area (Å²) in [4.78, 5) is 0. The summed E-state index contributed by atoms with van der Waals surface area (Å²) in [5, 5.41) is 0. The Morgan fingerprint density at radius 1 is 1.28 bits per heavy atom. The van der Waals surface area contributed by atoms with Crippen LogP contribution in [0.25, 0.3) is 0 Å². The molecule has 2 heterocycles. The van der Waals surface area contributed by atoms with Crippen LogP contribution in [0.15, 0.2) is 36.1 Å². The third kappa shape index (κ3) is 2.23. The fourth-order valence-corrected chi connectivity index (χ4v) is 2.71. The summed E-state index contributed by atoms with van der Waals surface area (Å²) in [5.41, 5.74) is 8.85. The van der Waals surface area contributed by atoms with E-state index in [0.717, 1.165) is 31.6 Å². The van der Waals surface area contributed by atoms with Crippen molar-refractivity contribution in [1.82, 2.24) is 0 Å². The van der Waals surface area contributed by atoms with Gasteiger partial charge in [0.15, 0.2) is 0 Å². The molecule has 2 aliphatic rings. The summed E-state index contributed by atoms with van der Waals surface area (Å²) in [7, 11) is 0. The lowest BCUT2D eigenvalue weighted by Gasteiger charge is -2.31. The normalized spacial score (nSPS) is 24.3. The van der Waals surface area contributed by atoms with E-state index in [2.05, 4.69) is 12.1 Å². The minimum absolute atomic E-state index is 0.0543. The van der Waals surface area contributed by atoms with Crippen LogP contribution < -0.4 is 10.5 Å². The molecule has 0 saturated carbocycles. The summed E-state index contributed by atoms with van der Waals surface area (Å²) < 4.78 is 11.2. The van der Waals surface area contributed by atoms with Crippen LogP contribution in [0.4, 0.5) is 0 Å². The molecule has 3 nitrogen and oxygen atoms in total. The highest BCUT2D eigenvalue weighted by atomic mass is 16.5. The quantitative estimate of drug-likeness (QED) is 0.869. The van der Waals surface area contributed by atoms with E-state index in [1.807, 2.05) is 18.4 Å². The van der Waals surface area contributed by atoms with Gasteiger partial charge in [0.25, 0.3) is 0 Å². The zero-order chi connectivity index (χ0) is 12.4. The zero-order valence-corrected chi connectivity index (χ0v) is 10.5. The lowest BCUT2D eigenvalue weighted by molar-refractivity contribution is 0.190. The maximum Gasteiger partial charge on any atom is 0.122 e. The van der Waals surface area contributed by atoms with Gasteiger partial charge in [0.2, 0.25) is 0 Å². The molecule has 0 bridgehead atoms. The molecule has 0 spiro atoms. The maximum absolute atomic E-state index is 6.35. The number of para-hydroxylation sites is 1. The number of hydrogen-bond donors (Lipinski definition) is 1. The molecule has 0 radical (unpaired) electrons. The predicted molar refractivity (Wildman–Crippen MR) is 70.4 cm³/mol. The van der Waals surface area contributed by atoms with E-state index in [-0.39, 0.29) is 6.04 Å². The van der Waals surface area contributed by atoms with Crippen LogP contribution in [0.5, 0.6) is 5.75 Å². The van der Waals surface area contributed by atoms with Crippen LogP contribution in [0.1, 0.15) is 18.4 Å². The Labute approximate surface area is 108 Å². The second-order valence-electron chi connectivity index (χ2n) is 5.08. The van der Waals surface area contributed by atoms with Gasteiger partial charge >= 0.3 is 0 Å². The fraction of sp³-hybridized carbons (Fsp3) is 0.467. The van der Waals surface area contributed by atoms with Crippen molar-refractivity contribution in [2.75, 3.05) is 13.2 Å². The van der Waals surface area contributed by atoms with Crippen LogP contribution in [0.2, 0.25) is 0 Å². The molecule has 0 amide bonds. The van der Waals surface area contributed by atoms with Gasteiger partial charge < -0.3 is 15.2 Å². The molecular weight excluding hydrogens is 226 g/mol. The predicted octanol–water partition coefficient (Wildman–Crippen LogP) is 2.26. The molecule has 0 saturated heterocycles. The minimum Gasteiger partial charge on any atom is -0.501 e. The van der Waals surface area contributed by atoms with Gasteiger partial charge in [0.1, 0.15) is 5.75 Å². The van der Waals surface area contributed by atoms with Crippen LogP contribution in [0, 0.1) is 5.92 Å². The SMILES string of the molecule is NC(C1=COCCC1)C1COc2ccccc2C1. The molecular formula is C15H19NO2. The van der Waals surface area contributed by atoms with E-state index in [9.17, 15) is 0 Å². The number of rotatable bonds is 2. The fourth-order valence-electron chi connectivity index (χ4n) is 2.71. The number of fused-ring (bicyclic) bond motifs is 1.